The van der Waals surface area contributed by atoms with Crippen molar-refractivity contribution < 1.29 is 19.5 Å². The van der Waals surface area contributed by atoms with Crippen molar-refractivity contribution in [2.45, 2.75) is 12.8 Å². The molecule has 0 saturated carbocycles. The molecule has 2 amide bonds. The molecule has 0 bridgehead atoms. The number of nitrogens with zero attached hydrogens (tertiary/aromatic N) is 1. The number of hydrogen-bond acceptors (Lipinski definition) is 3. The van der Waals surface area contributed by atoms with E-state index in [-0.39, 0.29) is 29.7 Å². The summed E-state index contributed by atoms with van der Waals surface area (Å²) in [7, 11) is 1.69. The highest BCUT2D eigenvalue weighted by atomic mass is 16.4. The van der Waals surface area contributed by atoms with Gasteiger partial charge in [0.25, 0.3) is 0 Å². The van der Waals surface area contributed by atoms with Gasteiger partial charge < -0.3 is 15.3 Å². The summed E-state index contributed by atoms with van der Waals surface area (Å²) in [6.45, 7) is 0.942. The summed E-state index contributed by atoms with van der Waals surface area (Å²) in [5.41, 5.74) is 1.20. The van der Waals surface area contributed by atoms with E-state index in [0.717, 1.165) is 5.56 Å². The Kier molecular flexibility index (Phi) is 4.57. The average molecular weight is 290 g/mol. The van der Waals surface area contributed by atoms with Crippen LogP contribution in [0.25, 0.3) is 0 Å². The third-order valence-electron chi connectivity index (χ3n) is 3.63. The SMILES string of the molecule is CN1CC(C(=O)NCCc2ccc(C(=O)O)cc2)CC1=O. The smallest absolute Gasteiger partial charge is 0.335 e. The maximum Gasteiger partial charge on any atom is 0.335 e. The highest BCUT2D eigenvalue weighted by Crippen LogP contribution is 2.15. The molecule has 1 heterocycles. The molecule has 0 aromatic heterocycles. The highest BCUT2D eigenvalue weighted by Gasteiger charge is 2.31. The molecule has 112 valence electrons. The lowest BCUT2D eigenvalue weighted by atomic mass is 10.1. The van der Waals surface area contributed by atoms with Gasteiger partial charge in [0, 0.05) is 26.6 Å². The van der Waals surface area contributed by atoms with Crippen LogP contribution in [-0.2, 0) is 16.0 Å². The van der Waals surface area contributed by atoms with E-state index < -0.39 is 5.97 Å². The van der Waals surface area contributed by atoms with Gasteiger partial charge in [0.1, 0.15) is 0 Å². The topological polar surface area (TPSA) is 86.7 Å². The fourth-order valence-electron chi connectivity index (χ4n) is 2.33. The molecule has 2 N–H and O–H groups in total. The Hall–Kier alpha value is -2.37. The monoisotopic (exact) mass is 290 g/mol. The Bertz CT molecular complexity index is 553. The van der Waals surface area contributed by atoms with Crippen LogP contribution in [0.3, 0.4) is 0 Å². The van der Waals surface area contributed by atoms with Gasteiger partial charge in [-0.1, -0.05) is 12.1 Å². The van der Waals surface area contributed by atoms with Gasteiger partial charge in [-0.3, -0.25) is 9.59 Å². The molecule has 6 nitrogen and oxygen atoms in total. The minimum absolute atomic E-state index is 0.000547. The van der Waals surface area contributed by atoms with Gasteiger partial charge >= 0.3 is 5.97 Å². The number of carbonyl (C=O) groups excluding carboxylic acids is 2. The second kappa shape index (κ2) is 6.39. The number of carboxylic acids is 1. The van der Waals surface area contributed by atoms with Crippen molar-refractivity contribution in [2.75, 3.05) is 20.1 Å². The van der Waals surface area contributed by atoms with Crippen molar-refractivity contribution in [2.24, 2.45) is 5.92 Å². The van der Waals surface area contributed by atoms with E-state index in [9.17, 15) is 14.4 Å². The molecule has 1 aromatic rings. The molecule has 1 saturated heterocycles. The number of amides is 2. The van der Waals surface area contributed by atoms with E-state index in [1.165, 1.54) is 0 Å². The standard InChI is InChI=1S/C15H18N2O4/c1-17-9-12(8-13(17)18)14(19)16-7-6-10-2-4-11(5-3-10)15(20)21/h2-5,12H,6-9H2,1H3,(H,16,19)(H,20,21). The van der Waals surface area contributed by atoms with E-state index in [4.69, 9.17) is 5.11 Å². The molecule has 21 heavy (non-hydrogen) atoms. The van der Waals surface area contributed by atoms with Crippen molar-refractivity contribution in [1.29, 1.82) is 0 Å². The normalized spacial score (nSPS) is 17.9. The van der Waals surface area contributed by atoms with Gasteiger partial charge in [0.2, 0.25) is 11.8 Å². The zero-order chi connectivity index (χ0) is 15.4. The lowest BCUT2D eigenvalue weighted by Gasteiger charge is -2.11. The molecule has 1 aliphatic heterocycles. The van der Waals surface area contributed by atoms with Gasteiger partial charge in [-0.05, 0) is 24.1 Å². The molecule has 2 rings (SSSR count). The molecule has 0 radical (unpaired) electrons. The summed E-state index contributed by atoms with van der Waals surface area (Å²) >= 11 is 0. The van der Waals surface area contributed by atoms with Crippen LogP contribution in [0.15, 0.2) is 24.3 Å². The lowest BCUT2D eigenvalue weighted by molar-refractivity contribution is -0.128. The Labute approximate surface area is 122 Å². The molecule has 1 aliphatic rings. The maximum absolute atomic E-state index is 11.9. The van der Waals surface area contributed by atoms with Crippen LogP contribution in [0.5, 0.6) is 0 Å². The number of benzene rings is 1. The number of rotatable bonds is 5. The van der Waals surface area contributed by atoms with E-state index in [2.05, 4.69) is 5.32 Å². The quantitative estimate of drug-likeness (QED) is 0.828. The average Bonchev–Trinajstić information content (AvgIpc) is 2.79. The van der Waals surface area contributed by atoms with Crippen LogP contribution in [0.1, 0.15) is 22.3 Å². The Morgan fingerprint density at radius 2 is 2.00 bits per heavy atom. The second-order valence-electron chi connectivity index (χ2n) is 5.22. The van der Waals surface area contributed by atoms with Crippen molar-refractivity contribution in [3.05, 3.63) is 35.4 Å². The fraction of sp³-hybridized carbons (Fsp3) is 0.400. The molecule has 1 fully saturated rings. The first kappa shape index (κ1) is 15.0. The largest absolute Gasteiger partial charge is 0.478 e. The first-order valence-corrected chi connectivity index (χ1v) is 6.81. The molecule has 1 unspecified atom stereocenters. The number of nitrogens with one attached hydrogen (secondary N) is 1. The molecule has 0 aliphatic carbocycles. The summed E-state index contributed by atoms with van der Waals surface area (Å²) in [6, 6.07) is 6.57. The van der Waals surface area contributed by atoms with E-state index in [1.54, 1.807) is 36.2 Å². The number of carboxylic acid groups (broad SMARTS) is 1. The molecule has 0 spiro atoms. The van der Waals surface area contributed by atoms with E-state index >= 15 is 0 Å². The van der Waals surface area contributed by atoms with Crippen molar-refractivity contribution in [1.82, 2.24) is 10.2 Å². The zero-order valence-electron chi connectivity index (χ0n) is 11.8. The molecule has 1 aromatic carbocycles. The lowest BCUT2D eigenvalue weighted by Crippen LogP contribution is -2.33. The van der Waals surface area contributed by atoms with Crippen LogP contribution in [0.2, 0.25) is 0 Å². The number of carbonyl (C=O) groups is 3. The van der Waals surface area contributed by atoms with Crippen LogP contribution in [0.4, 0.5) is 0 Å². The summed E-state index contributed by atoms with van der Waals surface area (Å²) in [5, 5.41) is 11.6. The van der Waals surface area contributed by atoms with E-state index in [0.29, 0.717) is 19.5 Å². The number of hydrogen-bond donors (Lipinski definition) is 2. The van der Waals surface area contributed by atoms with Crippen molar-refractivity contribution in [3.63, 3.8) is 0 Å². The van der Waals surface area contributed by atoms with Crippen LogP contribution >= 0.6 is 0 Å². The fourth-order valence-corrected chi connectivity index (χ4v) is 2.33. The van der Waals surface area contributed by atoms with Gasteiger partial charge in [-0.2, -0.15) is 0 Å². The molecule has 1 atom stereocenters. The van der Waals surface area contributed by atoms with E-state index in [1.807, 2.05) is 0 Å². The predicted molar refractivity (Wildman–Crippen MR) is 75.9 cm³/mol. The minimum Gasteiger partial charge on any atom is -0.478 e. The van der Waals surface area contributed by atoms with Crippen LogP contribution in [-0.4, -0.2) is 47.9 Å². The maximum atomic E-state index is 11.9. The predicted octanol–water partition coefficient (Wildman–Crippen LogP) is 0.522. The minimum atomic E-state index is -0.954. The van der Waals surface area contributed by atoms with Crippen LogP contribution < -0.4 is 5.32 Å². The Morgan fingerprint density at radius 3 is 2.52 bits per heavy atom. The first-order chi connectivity index (χ1) is 9.97. The van der Waals surface area contributed by atoms with Crippen molar-refractivity contribution >= 4 is 17.8 Å². The van der Waals surface area contributed by atoms with Crippen LogP contribution in [0, 0.1) is 5.92 Å². The third kappa shape index (κ3) is 3.81. The molecular formula is C15H18N2O4. The number of aromatic carboxylic acids is 1. The first-order valence-electron chi connectivity index (χ1n) is 6.81. The molecule has 6 heteroatoms. The summed E-state index contributed by atoms with van der Waals surface area (Å²) in [6.07, 6.45) is 0.901. The second-order valence-corrected chi connectivity index (χ2v) is 5.22. The zero-order valence-corrected chi connectivity index (χ0v) is 11.8. The molecular weight excluding hydrogens is 272 g/mol. The summed E-state index contributed by atoms with van der Waals surface area (Å²) in [4.78, 5) is 35.6. The van der Waals surface area contributed by atoms with Crippen molar-refractivity contribution in [3.8, 4) is 0 Å². The number of likely N-dealkylation sites (tertiary alicyclic amines) is 1. The highest BCUT2D eigenvalue weighted by molar-refractivity contribution is 5.89. The van der Waals surface area contributed by atoms with Gasteiger partial charge in [0.05, 0.1) is 11.5 Å². The van der Waals surface area contributed by atoms with Gasteiger partial charge in [-0.15, -0.1) is 0 Å². The Balaban J connectivity index is 1.77. The third-order valence-corrected chi connectivity index (χ3v) is 3.63. The van der Waals surface area contributed by atoms with Gasteiger partial charge in [-0.25, -0.2) is 4.79 Å². The summed E-state index contributed by atoms with van der Waals surface area (Å²) in [5.74, 6) is -1.32. The summed E-state index contributed by atoms with van der Waals surface area (Å²) < 4.78 is 0. The van der Waals surface area contributed by atoms with Gasteiger partial charge in [0.15, 0.2) is 0 Å². The Morgan fingerprint density at radius 1 is 1.33 bits per heavy atom.